The summed E-state index contributed by atoms with van der Waals surface area (Å²) in [4.78, 5) is 17.1. The number of amides is 1. The Kier molecular flexibility index (Phi) is 5.47. The predicted molar refractivity (Wildman–Crippen MR) is 116 cm³/mol. The number of fused-ring (bicyclic) bond motifs is 1. The zero-order valence-electron chi connectivity index (χ0n) is 17.0. The summed E-state index contributed by atoms with van der Waals surface area (Å²) in [5.74, 6) is -0.494. The van der Waals surface area contributed by atoms with E-state index >= 15 is 0 Å². The van der Waals surface area contributed by atoms with Crippen molar-refractivity contribution in [3.8, 4) is 17.0 Å². The van der Waals surface area contributed by atoms with Gasteiger partial charge in [-0.05, 0) is 67.4 Å². The SMILES string of the molecule is O=C(Nc1ccc(OCC2CCCO2)cc1)c1cc(-c2ccc3[nH]nnc3n2)ccc1F. The van der Waals surface area contributed by atoms with Gasteiger partial charge in [0.25, 0.3) is 5.91 Å². The molecule has 0 saturated carbocycles. The molecule has 8 nitrogen and oxygen atoms in total. The van der Waals surface area contributed by atoms with Crippen LogP contribution in [0.15, 0.2) is 54.6 Å². The number of halogens is 1. The summed E-state index contributed by atoms with van der Waals surface area (Å²) < 4.78 is 25.7. The van der Waals surface area contributed by atoms with Gasteiger partial charge in [-0.15, -0.1) is 5.10 Å². The number of ether oxygens (including phenoxy) is 2. The fourth-order valence-electron chi connectivity index (χ4n) is 3.56. The normalized spacial score (nSPS) is 15.7. The van der Waals surface area contributed by atoms with Crippen LogP contribution in [0.5, 0.6) is 5.75 Å². The van der Waals surface area contributed by atoms with Crippen LogP contribution in [0, 0.1) is 5.82 Å². The number of carbonyl (C=O) groups excluding carboxylic acids is 1. The number of pyridine rings is 1. The number of nitrogens with one attached hydrogen (secondary N) is 2. The molecule has 1 aliphatic rings. The van der Waals surface area contributed by atoms with Crippen molar-refractivity contribution in [1.29, 1.82) is 0 Å². The third-order valence-corrected chi connectivity index (χ3v) is 5.27. The molecule has 0 aliphatic carbocycles. The van der Waals surface area contributed by atoms with Crippen LogP contribution < -0.4 is 10.1 Å². The molecule has 4 aromatic rings. The van der Waals surface area contributed by atoms with Gasteiger partial charge in [-0.2, -0.15) is 0 Å². The summed E-state index contributed by atoms with van der Waals surface area (Å²) in [6.45, 7) is 1.28. The third kappa shape index (κ3) is 4.28. The van der Waals surface area contributed by atoms with Crippen molar-refractivity contribution in [2.75, 3.05) is 18.5 Å². The molecule has 0 radical (unpaired) electrons. The van der Waals surface area contributed by atoms with Crippen molar-refractivity contribution in [2.24, 2.45) is 0 Å². The minimum atomic E-state index is -0.620. The standard InChI is InChI=1S/C23H20FN5O3/c24-19-8-3-14(20-9-10-21-22(26-20)28-29-27-21)12-18(19)23(30)25-15-4-6-16(7-5-15)32-13-17-2-1-11-31-17/h3-10,12,17H,1-2,11,13H2,(H,25,30)(H,26,27,28,29). The van der Waals surface area contributed by atoms with E-state index in [0.717, 1.165) is 19.4 Å². The number of carbonyl (C=O) groups is 1. The molecule has 32 heavy (non-hydrogen) atoms. The summed E-state index contributed by atoms with van der Waals surface area (Å²) in [6, 6.07) is 14.8. The van der Waals surface area contributed by atoms with E-state index in [1.165, 1.54) is 12.1 Å². The molecule has 1 saturated heterocycles. The van der Waals surface area contributed by atoms with Crippen LogP contribution in [-0.2, 0) is 4.74 Å². The number of aromatic amines is 1. The first-order chi connectivity index (χ1) is 15.7. The topological polar surface area (TPSA) is 102 Å². The quantitative estimate of drug-likeness (QED) is 0.477. The average Bonchev–Trinajstić information content (AvgIpc) is 3.50. The van der Waals surface area contributed by atoms with Gasteiger partial charge in [-0.3, -0.25) is 9.89 Å². The van der Waals surface area contributed by atoms with Gasteiger partial charge in [0.2, 0.25) is 5.65 Å². The van der Waals surface area contributed by atoms with Gasteiger partial charge in [-0.25, -0.2) is 9.37 Å². The van der Waals surface area contributed by atoms with Gasteiger partial charge in [0, 0.05) is 17.9 Å². The molecule has 2 aromatic heterocycles. The molecule has 1 amide bonds. The Balaban J connectivity index is 1.29. The van der Waals surface area contributed by atoms with Crippen molar-refractivity contribution in [3.05, 3.63) is 66.0 Å². The molecule has 5 rings (SSSR count). The number of aromatic nitrogens is 4. The fraction of sp³-hybridized carbons (Fsp3) is 0.217. The molecule has 1 aliphatic heterocycles. The number of nitrogens with zero attached hydrogens (tertiary/aromatic N) is 3. The number of rotatable bonds is 6. The van der Waals surface area contributed by atoms with Gasteiger partial charge < -0.3 is 14.8 Å². The lowest BCUT2D eigenvalue weighted by Gasteiger charge is -2.12. The highest BCUT2D eigenvalue weighted by Crippen LogP contribution is 2.24. The Morgan fingerprint density at radius 3 is 2.88 bits per heavy atom. The maximum Gasteiger partial charge on any atom is 0.258 e. The summed E-state index contributed by atoms with van der Waals surface area (Å²) in [7, 11) is 0. The second-order valence-electron chi connectivity index (χ2n) is 7.50. The lowest BCUT2D eigenvalue weighted by Crippen LogP contribution is -2.16. The van der Waals surface area contributed by atoms with Gasteiger partial charge in [0.05, 0.1) is 17.4 Å². The highest BCUT2D eigenvalue weighted by Gasteiger charge is 2.17. The van der Waals surface area contributed by atoms with Gasteiger partial charge in [0.1, 0.15) is 23.7 Å². The van der Waals surface area contributed by atoms with E-state index in [1.54, 1.807) is 42.5 Å². The molecule has 3 heterocycles. The van der Waals surface area contributed by atoms with Crippen LogP contribution in [0.2, 0.25) is 0 Å². The van der Waals surface area contributed by atoms with Crippen molar-refractivity contribution < 1.29 is 18.7 Å². The minimum Gasteiger partial charge on any atom is -0.491 e. The van der Waals surface area contributed by atoms with Gasteiger partial charge in [0.15, 0.2) is 0 Å². The first-order valence-corrected chi connectivity index (χ1v) is 10.3. The molecule has 0 spiro atoms. The van der Waals surface area contributed by atoms with Crippen molar-refractivity contribution in [3.63, 3.8) is 0 Å². The highest BCUT2D eigenvalue weighted by atomic mass is 19.1. The van der Waals surface area contributed by atoms with Gasteiger partial charge in [-0.1, -0.05) is 5.21 Å². The van der Waals surface area contributed by atoms with E-state index in [-0.39, 0.29) is 11.7 Å². The van der Waals surface area contributed by atoms with Crippen LogP contribution >= 0.6 is 0 Å². The Morgan fingerprint density at radius 1 is 1.19 bits per heavy atom. The van der Waals surface area contributed by atoms with Crippen molar-refractivity contribution in [2.45, 2.75) is 18.9 Å². The lowest BCUT2D eigenvalue weighted by molar-refractivity contribution is 0.0679. The molecular formula is C23H20FN5O3. The van der Waals surface area contributed by atoms with Crippen molar-refractivity contribution in [1.82, 2.24) is 20.4 Å². The van der Waals surface area contributed by atoms with E-state index in [2.05, 4.69) is 25.7 Å². The molecule has 2 aromatic carbocycles. The summed E-state index contributed by atoms with van der Waals surface area (Å²) >= 11 is 0. The Bertz CT molecular complexity index is 1250. The van der Waals surface area contributed by atoms with E-state index in [9.17, 15) is 9.18 Å². The molecule has 1 fully saturated rings. The van der Waals surface area contributed by atoms with E-state index < -0.39 is 11.7 Å². The average molecular weight is 433 g/mol. The summed E-state index contributed by atoms with van der Waals surface area (Å²) in [6.07, 6.45) is 2.19. The molecule has 162 valence electrons. The maximum atomic E-state index is 14.4. The highest BCUT2D eigenvalue weighted by molar-refractivity contribution is 6.05. The molecule has 0 bridgehead atoms. The molecule has 1 unspecified atom stereocenters. The van der Waals surface area contributed by atoms with Gasteiger partial charge >= 0.3 is 0 Å². The van der Waals surface area contributed by atoms with Crippen LogP contribution in [0.3, 0.4) is 0 Å². The zero-order chi connectivity index (χ0) is 21.9. The van der Waals surface area contributed by atoms with Crippen LogP contribution in [0.25, 0.3) is 22.4 Å². The first kappa shape index (κ1) is 20.1. The fourth-order valence-corrected chi connectivity index (χ4v) is 3.56. The summed E-state index contributed by atoms with van der Waals surface area (Å²) in [5, 5.41) is 13.0. The molecule has 2 N–H and O–H groups in total. The van der Waals surface area contributed by atoms with E-state index in [4.69, 9.17) is 9.47 Å². The minimum absolute atomic E-state index is 0.0803. The second kappa shape index (κ2) is 8.72. The lowest BCUT2D eigenvalue weighted by atomic mass is 10.1. The van der Waals surface area contributed by atoms with Crippen molar-refractivity contribution >= 4 is 22.8 Å². The number of benzene rings is 2. The monoisotopic (exact) mass is 433 g/mol. The van der Waals surface area contributed by atoms with E-state index in [1.807, 2.05) is 0 Å². The summed E-state index contributed by atoms with van der Waals surface area (Å²) in [5.41, 5.74) is 2.75. The molecular weight excluding hydrogens is 413 g/mol. The number of hydrogen-bond acceptors (Lipinski definition) is 6. The molecule has 1 atom stereocenters. The second-order valence-corrected chi connectivity index (χ2v) is 7.50. The number of H-pyrrole nitrogens is 1. The smallest absolute Gasteiger partial charge is 0.258 e. The van der Waals surface area contributed by atoms with E-state index in [0.29, 0.717) is 40.5 Å². The number of hydrogen-bond donors (Lipinski definition) is 2. The Hall–Kier alpha value is -3.85. The Morgan fingerprint density at radius 2 is 2.06 bits per heavy atom. The van der Waals surface area contributed by atoms with Crippen LogP contribution in [0.4, 0.5) is 10.1 Å². The predicted octanol–water partition coefficient (Wildman–Crippen LogP) is 3.97. The Labute approximate surface area is 182 Å². The zero-order valence-corrected chi connectivity index (χ0v) is 17.0. The first-order valence-electron chi connectivity index (χ1n) is 10.3. The number of anilines is 1. The van der Waals surface area contributed by atoms with Crippen LogP contribution in [0.1, 0.15) is 23.2 Å². The van der Waals surface area contributed by atoms with Crippen LogP contribution in [-0.4, -0.2) is 45.6 Å². The molecule has 9 heteroatoms. The third-order valence-electron chi connectivity index (χ3n) is 5.27. The largest absolute Gasteiger partial charge is 0.491 e. The maximum absolute atomic E-state index is 14.4.